The van der Waals surface area contributed by atoms with E-state index < -0.39 is 0 Å². The Morgan fingerprint density at radius 1 is 1.00 bits per heavy atom. The minimum absolute atomic E-state index is 0.309. The van der Waals surface area contributed by atoms with E-state index in [0.29, 0.717) is 12.1 Å². The molecule has 21 heavy (non-hydrogen) atoms. The average Bonchev–Trinajstić information content (AvgIpc) is 2.52. The lowest BCUT2D eigenvalue weighted by Crippen LogP contribution is -2.28. The number of unbranched alkanes of at least 4 members (excludes halogenated alkanes) is 3. The van der Waals surface area contributed by atoms with Crippen LogP contribution in [0.2, 0.25) is 0 Å². The smallest absolute Gasteiger partial charge is 0.0665 e. The lowest BCUT2D eigenvalue weighted by molar-refractivity contribution is 0.0428. The summed E-state index contributed by atoms with van der Waals surface area (Å²) in [5, 5.41) is 3.59. The van der Waals surface area contributed by atoms with E-state index in [4.69, 9.17) is 4.74 Å². The molecule has 2 nitrogen and oxygen atoms in total. The molecule has 2 unspecified atom stereocenters. The van der Waals surface area contributed by atoms with Gasteiger partial charge in [0.2, 0.25) is 0 Å². The highest BCUT2D eigenvalue weighted by molar-refractivity contribution is 5.18. The summed E-state index contributed by atoms with van der Waals surface area (Å²) < 4.78 is 6.07. The summed E-state index contributed by atoms with van der Waals surface area (Å²) in [5.41, 5.74) is 1.32. The molecule has 0 heterocycles. The molecule has 1 aromatic carbocycles. The van der Waals surface area contributed by atoms with Gasteiger partial charge < -0.3 is 10.1 Å². The van der Waals surface area contributed by atoms with Crippen LogP contribution in [-0.2, 0) is 4.74 Å². The molecule has 1 N–H and O–H groups in total. The maximum atomic E-state index is 6.07. The summed E-state index contributed by atoms with van der Waals surface area (Å²) in [6.07, 6.45) is 7.94. The van der Waals surface area contributed by atoms with Gasteiger partial charge in [-0.1, -0.05) is 69.9 Å². The van der Waals surface area contributed by atoms with E-state index in [1.165, 1.54) is 37.7 Å². The molecule has 0 bridgehead atoms. The van der Waals surface area contributed by atoms with Crippen LogP contribution in [0.15, 0.2) is 30.3 Å². The lowest BCUT2D eigenvalue weighted by atomic mass is 10.1. The Morgan fingerprint density at radius 3 is 2.43 bits per heavy atom. The van der Waals surface area contributed by atoms with Gasteiger partial charge in [-0.3, -0.25) is 0 Å². The van der Waals surface area contributed by atoms with Crippen LogP contribution in [0, 0.1) is 0 Å². The molecule has 2 atom stereocenters. The summed E-state index contributed by atoms with van der Waals surface area (Å²) in [7, 11) is 0. The number of nitrogens with one attached hydrogen (secondary N) is 1. The average molecular weight is 291 g/mol. The number of hydrogen-bond donors (Lipinski definition) is 1. The van der Waals surface area contributed by atoms with Gasteiger partial charge in [0.15, 0.2) is 0 Å². The van der Waals surface area contributed by atoms with Gasteiger partial charge in [0.1, 0.15) is 0 Å². The van der Waals surface area contributed by atoms with Crippen LogP contribution in [0.5, 0.6) is 0 Å². The van der Waals surface area contributed by atoms with Crippen molar-refractivity contribution in [3.8, 4) is 0 Å². The van der Waals surface area contributed by atoms with E-state index >= 15 is 0 Å². The molecule has 0 saturated carbocycles. The first-order valence-electron chi connectivity index (χ1n) is 8.67. The summed E-state index contributed by atoms with van der Waals surface area (Å²) in [6.45, 7) is 8.45. The Kier molecular flexibility index (Phi) is 10.2. The van der Waals surface area contributed by atoms with Crippen LogP contribution in [0.3, 0.4) is 0 Å². The lowest BCUT2D eigenvalue weighted by Gasteiger charge is -2.22. The van der Waals surface area contributed by atoms with E-state index in [0.717, 1.165) is 19.6 Å². The predicted octanol–water partition coefficient (Wildman–Crippen LogP) is 5.10. The normalized spacial score (nSPS) is 14.0. The van der Waals surface area contributed by atoms with Gasteiger partial charge in [0, 0.05) is 0 Å². The zero-order chi connectivity index (χ0) is 15.3. The predicted molar refractivity (Wildman–Crippen MR) is 91.6 cm³/mol. The van der Waals surface area contributed by atoms with Crippen molar-refractivity contribution in [3.63, 3.8) is 0 Å². The van der Waals surface area contributed by atoms with Crippen molar-refractivity contribution in [2.75, 3.05) is 13.2 Å². The molecule has 120 valence electrons. The minimum Gasteiger partial charge on any atom is -0.377 e. The molecule has 0 amide bonds. The Bertz CT molecular complexity index is 339. The fourth-order valence-electron chi connectivity index (χ4n) is 2.48. The van der Waals surface area contributed by atoms with E-state index in [1.807, 2.05) is 0 Å². The van der Waals surface area contributed by atoms with Crippen molar-refractivity contribution in [1.29, 1.82) is 0 Å². The Labute approximate surface area is 131 Å². The molecule has 0 radical (unpaired) electrons. The maximum Gasteiger partial charge on any atom is 0.0665 e. The summed E-state index contributed by atoms with van der Waals surface area (Å²) >= 11 is 0. The number of rotatable bonds is 12. The molecular formula is C19H33NO. The first-order chi connectivity index (χ1) is 10.3. The maximum absolute atomic E-state index is 6.07. The second kappa shape index (κ2) is 11.8. The molecule has 1 rings (SSSR count). The Balaban J connectivity index is 2.35. The molecule has 0 aliphatic heterocycles. The van der Waals surface area contributed by atoms with Crippen LogP contribution >= 0.6 is 0 Å². The van der Waals surface area contributed by atoms with Crippen molar-refractivity contribution in [1.82, 2.24) is 5.32 Å². The summed E-state index contributed by atoms with van der Waals surface area (Å²) in [5.74, 6) is 0. The number of hydrogen-bond acceptors (Lipinski definition) is 2. The van der Waals surface area contributed by atoms with Gasteiger partial charge in [-0.15, -0.1) is 0 Å². The molecule has 0 fully saturated rings. The highest BCUT2D eigenvalue weighted by atomic mass is 16.5. The van der Waals surface area contributed by atoms with E-state index in [9.17, 15) is 0 Å². The van der Waals surface area contributed by atoms with Crippen LogP contribution in [0.25, 0.3) is 0 Å². The Morgan fingerprint density at radius 2 is 1.76 bits per heavy atom. The second-order valence-electron chi connectivity index (χ2n) is 5.91. The van der Waals surface area contributed by atoms with Gasteiger partial charge >= 0.3 is 0 Å². The van der Waals surface area contributed by atoms with Gasteiger partial charge in [-0.05, 0) is 31.9 Å². The largest absolute Gasteiger partial charge is 0.377 e. The van der Waals surface area contributed by atoms with Crippen LogP contribution < -0.4 is 5.32 Å². The minimum atomic E-state index is 0.309. The fraction of sp³-hybridized carbons (Fsp3) is 0.684. The first-order valence-corrected chi connectivity index (χ1v) is 8.67. The van der Waals surface area contributed by atoms with E-state index in [1.54, 1.807) is 0 Å². The molecule has 0 aliphatic rings. The van der Waals surface area contributed by atoms with E-state index in [-0.39, 0.29) is 0 Å². The zero-order valence-electron chi connectivity index (χ0n) is 14.1. The van der Waals surface area contributed by atoms with Gasteiger partial charge in [0.25, 0.3) is 0 Å². The second-order valence-corrected chi connectivity index (χ2v) is 5.91. The van der Waals surface area contributed by atoms with Crippen LogP contribution in [0.1, 0.15) is 70.9 Å². The van der Waals surface area contributed by atoms with Crippen LogP contribution in [0.4, 0.5) is 0 Å². The van der Waals surface area contributed by atoms with Gasteiger partial charge in [-0.25, -0.2) is 0 Å². The monoisotopic (exact) mass is 291 g/mol. The molecule has 1 aromatic rings. The molecule has 0 spiro atoms. The first kappa shape index (κ1) is 18.2. The quantitative estimate of drug-likeness (QED) is 0.541. The standard InChI is InChI=1S/C19H33NO/c1-4-6-7-9-12-17(3)21-16-19(20-15-5-2)18-13-10-8-11-14-18/h8,10-11,13-14,17,19-20H,4-7,9,12,15-16H2,1-3H3. The fourth-order valence-corrected chi connectivity index (χ4v) is 2.48. The third kappa shape index (κ3) is 8.23. The van der Waals surface area contributed by atoms with Crippen LogP contribution in [-0.4, -0.2) is 19.3 Å². The van der Waals surface area contributed by atoms with Gasteiger partial charge in [-0.2, -0.15) is 0 Å². The summed E-state index contributed by atoms with van der Waals surface area (Å²) in [6, 6.07) is 10.9. The van der Waals surface area contributed by atoms with Crippen molar-refractivity contribution in [2.45, 2.75) is 71.4 Å². The molecule has 0 aromatic heterocycles. The number of benzene rings is 1. The molecule has 2 heteroatoms. The van der Waals surface area contributed by atoms with Gasteiger partial charge in [0.05, 0.1) is 18.8 Å². The van der Waals surface area contributed by atoms with Crippen molar-refractivity contribution in [3.05, 3.63) is 35.9 Å². The number of ether oxygens (including phenoxy) is 1. The van der Waals surface area contributed by atoms with E-state index in [2.05, 4.69) is 56.4 Å². The Hall–Kier alpha value is -0.860. The summed E-state index contributed by atoms with van der Waals surface area (Å²) in [4.78, 5) is 0. The SMILES string of the molecule is CCCCCCC(C)OCC(NCCC)c1ccccc1. The third-order valence-electron chi connectivity index (χ3n) is 3.85. The highest BCUT2D eigenvalue weighted by Gasteiger charge is 2.12. The topological polar surface area (TPSA) is 21.3 Å². The van der Waals surface area contributed by atoms with Crippen molar-refractivity contribution in [2.24, 2.45) is 0 Å². The zero-order valence-corrected chi connectivity index (χ0v) is 14.1. The third-order valence-corrected chi connectivity index (χ3v) is 3.85. The highest BCUT2D eigenvalue weighted by Crippen LogP contribution is 2.15. The van der Waals surface area contributed by atoms with Crippen molar-refractivity contribution >= 4 is 0 Å². The molecular weight excluding hydrogens is 258 g/mol. The molecule has 0 saturated heterocycles. The van der Waals surface area contributed by atoms with Crippen molar-refractivity contribution < 1.29 is 4.74 Å². The molecule has 0 aliphatic carbocycles.